The van der Waals surface area contributed by atoms with E-state index < -0.39 is 0 Å². The summed E-state index contributed by atoms with van der Waals surface area (Å²) in [5, 5.41) is 13.4. The Morgan fingerprint density at radius 3 is 1.21 bits per heavy atom. The molecule has 0 radical (unpaired) electrons. The third-order valence-electron chi connectivity index (χ3n) is 11.0. The van der Waals surface area contributed by atoms with E-state index in [2.05, 4.69) is 37.9 Å². The fourth-order valence-corrected chi connectivity index (χ4v) is 7.58. The molecule has 0 amide bonds. The summed E-state index contributed by atoms with van der Waals surface area (Å²) in [6.07, 6.45) is 45.0. The molecule has 0 saturated carbocycles. The number of nitrogens with zero attached hydrogens (tertiary/aromatic N) is 1. The smallest absolute Gasteiger partial charge is 0.0558 e. The molecular formula is C44H92N2O. The average Bonchev–Trinajstić information content (AvgIpc) is 3.07. The fraction of sp³-hybridized carbons (Fsp3) is 1.00. The first-order valence-corrected chi connectivity index (χ1v) is 22.2. The highest BCUT2D eigenvalue weighted by molar-refractivity contribution is 4.69. The number of aliphatic hydroxyl groups excluding tert-OH is 1. The third-order valence-corrected chi connectivity index (χ3v) is 11.0. The lowest BCUT2D eigenvalue weighted by atomic mass is 9.82. The van der Waals surface area contributed by atoms with Gasteiger partial charge in [-0.05, 0) is 63.7 Å². The van der Waals surface area contributed by atoms with Crippen molar-refractivity contribution >= 4 is 0 Å². The molecule has 0 aliphatic heterocycles. The van der Waals surface area contributed by atoms with Crippen LogP contribution in [0.1, 0.15) is 233 Å². The summed E-state index contributed by atoms with van der Waals surface area (Å²) in [6, 6.07) is 0. The van der Waals surface area contributed by atoms with Crippen LogP contribution >= 0.6 is 0 Å². The molecule has 0 aromatic heterocycles. The molecule has 0 aromatic rings. The number of aliphatic hydroxyl groups is 1. The average molecular weight is 665 g/mol. The van der Waals surface area contributed by atoms with Gasteiger partial charge in [0.1, 0.15) is 0 Å². The SMILES string of the molecule is CCCCCCCCCCCCC(CCCCN(CCO)CCCCCCCCCCCC)C(C)CCCCCNCCCCCC. The van der Waals surface area contributed by atoms with Crippen molar-refractivity contribution in [2.45, 2.75) is 233 Å². The van der Waals surface area contributed by atoms with Gasteiger partial charge >= 0.3 is 0 Å². The molecule has 0 heterocycles. The van der Waals surface area contributed by atoms with Gasteiger partial charge in [0.15, 0.2) is 0 Å². The van der Waals surface area contributed by atoms with Gasteiger partial charge < -0.3 is 15.3 Å². The van der Waals surface area contributed by atoms with E-state index >= 15 is 0 Å². The summed E-state index contributed by atoms with van der Waals surface area (Å²) in [6.45, 7) is 15.5. The van der Waals surface area contributed by atoms with Crippen LogP contribution in [0, 0.1) is 11.8 Å². The van der Waals surface area contributed by atoms with Gasteiger partial charge in [-0.1, -0.05) is 207 Å². The highest BCUT2D eigenvalue weighted by Crippen LogP contribution is 2.29. The van der Waals surface area contributed by atoms with E-state index in [1.54, 1.807) is 0 Å². The van der Waals surface area contributed by atoms with Crippen LogP contribution in [0.25, 0.3) is 0 Å². The maximum absolute atomic E-state index is 9.69. The van der Waals surface area contributed by atoms with E-state index in [9.17, 15) is 5.11 Å². The Morgan fingerprint density at radius 1 is 0.404 bits per heavy atom. The highest BCUT2D eigenvalue weighted by Gasteiger charge is 2.17. The first-order chi connectivity index (χ1) is 23.2. The maximum Gasteiger partial charge on any atom is 0.0558 e. The van der Waals surface area contributed by atoms with Gasteiger partial charge in [-0.3, -0.25) is 0 Å². The molecule has 2 atom stereocenters. The molecule has 2 unspecified atom stereocenters. The minimum absolute atomic E-state index is 0.310. The number of rotatable bonds is 41. The zero-order chi connectivity index (χ0) is 34.3. The lowest BCUT2D eigenvalue weighted by Gasteiger charge is -2.26. The van der Waals surface area contributed by atoms with Crippen LogP contribution in [-0.2, 0) is 0 Å². The molecule has 0 aliphatic carbocycles. The third kappa shape index (κ3) is 35.5. The second kappa shape index (κ2) is 40.3. The largest absolute Gasteiger partial charge is 0.395 e. The van der Waals surface area contributed by atoms with E-state index in [4.69, 9.17) is 0 Å². The predicted octanol–water partition coefficient (Wildman–Crippen LogP) is 13.7. The second-order valence-electron chi connectivity index (χ2n) is 15.6. The van der Waals surface area contributed by atoms with Crippen LogP contribution in [0.3, 0.4) is 0 Å². The Balaban J connectivity index is 4.34. The Bertz CT molecular complexity index is 555. The van der Waals surface area contributed by atoms with Crippen molar-refractivity contribution in [3.05, 3.63) is 0 Å². The minimum atomic E-state index is 0.310. The lowest BCUT2D eigenvalue weighted by Crippen LogP contribution is -2.29. The number of nitrogens with one attached hydrogen (secondary N) is 1. The van der Waals surface area contributed by atoms with Gasteiger partial charge in [0.2, 0.25) is 0 Å². The molecule has 3 heteroatoms. The van der Waals surface area contributed by atoms with Gasteiger partial charge in [-0.2, -0.15) is 0 Å². The summed E-state index contributed by atoms with van der Waals surface area (Å²) >= 11 is 0. The van der Waals surface area contributed by atoms with E-state index in [1.165, 1.54) is 232 Å². The van der Waals surface area contributed by atoms with E-state index in [0.29, 0.717) is 6.61 Å². The molecule has 47 heavy (non-hydrogen) atoms. The van der Waals surface area contributed by atoms with Gasteiger partial charge in [-0.15, -0.1) is 0 Å². The van der Waals surface area contributed by atoms with Crippen molar-refractivity contribution < 1.29 is 5.11 Å². The minimum Gasteiger partial charge on any atom is -0.395 e. The van der Waals surface area contributed by atoms with Crippen LogP contribution in [0.5, 0.6) is 0 Å². The van der Waals surface area contributed by atoms with Crippen molar-refractivity contribution in [3.63, 3.8) is 0 Å². The molecule has 284 valence electrons. The fourth-order valence-electron chi connectivity index (χ4n) is 7.58. The zero-order valence-electron chi connectivity index (χ0n) is 33.4. The molecule has 2 N–H and O–H groups in total. The molecule has 0 aromatic carbocycles. The van der Waals surface area contributed by atoms with E-state index in [-0.39, 0.29) is 0 Å². The van der Waals surface area contributed by atoms with Crippen molar-refractivity contribution in [2.75, 3.05) is 39.3 Å². The monoisotopic (exact) mass is 665 g/mol. The Labute approximate surface area is 299 Å². The van der Waals surface area contributed by atoms with E-state index in [0.717, 1.165) is 18.4 Å². The molecule has 0 aliphatic rings. The van der Waals surface area contributed by atoms with Gasteiger partial charge in [0.25, 0.3) is 0 Å². The van der Waals surface area contributed by atoms with E-state index in [1.807, 2.05) is 0 Å². The lowest BCUT2D eigenvalue weighted by molar-refractivity contribution is 0.187. The maximum atomic E-state index is 9.69. The standard InChI is InChI=1S/C44H92N2O/c1-5-8-11-14-16-18-20-22-24-28-35-44(43(4)34-27-26-31-38-45-37-30-13-10-7-3)36-29-33-40-46(41-42-47)39-32-25-23-21-19-17-15-12-9-6-2/h43-45,47H,5-42H2,1-4H3. The molecule has 0 rings (SSSR count). The second-order valence-corrected chi connectivity index (χ2v) is 15.6. The van der Waals surface area contributed by atoms with Crippen LogP contribution < -0.4 is 5.32 Å². The number of hydrogen-bond acceptors (Lipinski definition) is 3. The van der Waals surface area contributed by atoms with Gasteiger partial charge in [0.05, 0.1) is 6.61 Å². The van der Waals surface area contributed by atoms with Gasteiger partial charge in [-0.25, -0.2) is 0 Å². The van der Waals surface area contributed by atoms with Crippen LogP contribution in [0.4, 0.5) is 0 Å². The van der Waals surface area contributed by atoms with Crippen molar-refractivity contribution in [2.24, 2.45) is 11.8 Å². The normalized spacial score (nSPS) is 13.1. The first-order valence-electron chi connectivity index (χ1n) is 22.2. The predicted molar refractivity (Wildman–Crippen MR) is 214 cm³/mol. The first kappa shape index (κ1) is 46.9. The van der Waals surface area contributed by atoms with Crippen LogP contribution in [-0.4, -0.2) is 49.3 Å². The van der Waals surface area contributed by atoms with Crippen molar-refractivity contribution in [1.82, 2.24) is 10.2 Å². The summed E-state index contributed by atoms with van der Waals surface area (Å²) in [4.78, 5) is 2.56. The summed E-state index contributed by atoms with van der Waals surface area (Å²) in [5.41, 5.74) is 0. The zero-order valence-corrected chi connectivity index (χ0v) is 33.4. The van der Waals surface area contributed by atoms with Crippen molar-refractivity contribution in [3.8, 4) is 0 Å². The Morgan fingerprint density at radius 2 is 0.745 bits per heavy atom. The Kier molecular flexibility index (Phi) is 40.2. The molecule has 0 fully saturated rings. The quantitative estimate of drug-likeness (QED) is 0.0638. The summed E-state index contributed by atoms with van der Waals surface area (Å²) in [5.74, 6) is 1.78. The highest BCUT2D eigenvalue weighted by atomic mass is 16.3. The molecule has 0 spiro atoms. The molecule has 0 saturated heterocycles. The van der Waals surface area contributed by atoms with Gasteiger partial charge in [0, 0.05) is 6.54 Å². The van der Waals surface area contributed by atoms with Crippen LogP contribution in [0.15, 0.2) is 0 Å². The molecule has 3 nitrogen and oxygen atoms in total. The topological polar surface area (TPSA) is 35.5 Å². The summed E-state index contributed by atoms with van der Waals surface area (Å²) in [7, 11) is 0. The Hall–Kier alpha value is -0.120. The van der Waals surface area contributed by atoms with Crippen LogP contribution in [0.2, 0.25) is 0 Å². The van der Waals surface area contributed by atoms with Crippen molar-refractivity contribution in [1.29, 1.82) is 0 Å². The summed E-state index contributed by atoms with van der Waals surface area (Å²) < 4.78 is 0. The molecular weight excluding hydrogens is 572 g/mol. The molecule has 0 bridgehead atoms. The number of hydrogen-bond donors (Lipinski definition) is 2. The number of unbranched alkanes of at least 4 members (excludes halogenated alkanes) is 24.